The second-order valence-electron chi connectivity index (χ2n) is 4.95. The van der Waals surface area contributed by atoms with E-state index in [1.54, 1.807) is 0 Å². The van der Waals surface area contributed by atoms with Gasteiger partial charge in [-0.05, 0) is 18.8 Å². The van der Waals surface area contributed by atoms with Crippen molar-refractivity contribution in [3.05, 3.63) is 29.1 Å². The molecule has 124 valence electrons. The largest absolute Gasteiger partial charge is 0.396 e. The zero-order chi connectivity index (χ0) is 16.7. The third kappa shape index (κ3) is 2.70. The lowest BCUT2D eigenvalue weighted by Gasteiger charge is -2.31. The molecule has 0 spiro atoms. The van der Waals surface area contributed by atoms with Crippen LogP contribution >= 0.6 is 0 Å². The van der Waals surface area contributed by atoms with Gasteiger partial charge in [-0.25, -0.2) is 30.4 Å². The van der Waals surface area contributed by atoms with Crippen molar-refractivity contribution in [2.75, 3.05) is 19.7 Å². The average Bonchev–Trinajstić information content (AvgIpc) is 2.51. The number of hydrogen-bond donors (Lipinski definition) is 1. The summed E-state index contributed by atoms with van der Waals surface area (Å²) < 4.78 is 91.7. The SMILES string of the molecule is O=S(=O)(c1c(F)c(F)c(F)c(F)c1F)N1CCCC(CO)C1. The van der Waals surface area contributed by atoms with Crippen LogP contribution in [0.25, 0.3) is 0 Å². The van der Waals surface area contributed by atoms with Gasteiger partial charge < -0.3 is 5.11 Å². The summed E-state index contributed by atoms with van der Waals surface area (Å²) in [4.78, 5) is -1.86. The van der Waals surface area contributed by atoms with E-state index in [-0.39, 0.29) is 19.7 Å². The smallest absolute Gasteiger partial charge is 0.249 e. The third-order valence-electron chi connectivity index (χ3n) is 3.51. The Labute approximate surface area is 123 Å². The van der Waals surface area contributed by atoms with Gasteiger partial charge in [-0.1, -0.05) is 0 Å². The van der Waals surface area contributed by atoms with E-state index in [1.807, 2.05) is 0 Å². The Morgan fingerprint density at radius 2 is 1.50 bits per heavy atom. The van der Waals surface area contributed by atoms with Crippen molar-refractivity contribution < 1.29 is 35.5 Å². The first-order valence-corrected chi connectivity index (χ1v) is 7.78. The van der Waals surface area contributed by atoms with E-state index in [9.17, 15) is 30.4 Å². The minimum atomic E-state index is -4.90. The summed E-state index contributed by atoms with van der Waals surface area (Å²) in [5.41, 5.74) is 0. The Hall–Kier alpha value is -1.26. The van der Waals surface area contributed by atoms with E-state index < -0.39 is 49.9 Å². The number of nitrogens with zero attached hydrogens (tertiary/aromatic N) is 1. The molecule has 1 unspecified atom stereocenters. The number of benzene rings is 1. The summed E-state index contributed by atoms with van der Waals surface area (Å²) in [7, 11) is -4.90. The molecule has 0 radical (unpaired) electrons. The molecule has 1 aliphatic rings. The first-order chi connectivity index (χ1) is 10.2. The molecule has 1 aromatic rings. The van der Waals surface area contributed by atoms with Crippen LogP contribution in [0.5, 0.6) is 0 Å². The van der Waals surface area contributed by atoms with Gasteiger partial charge in [-0.15, -0.1) is 0 Å². The number of hydrogen-bond acceptors (Lipinski definition) is 3. The van der Waals surface area contributed by atoms with Crippen molar-refractivity contribution in [3.8, 4) is 0 Å². The highest BCUT2D eigenvalue weighted by Crippen LogP contribution is 2.31. The van der Waals surface area contributed by atoms with Crippen molar-refractivity contribution in [2.24, 2.45) is 5.92 Å². The fourth-order valence-electron chi connectivity index (χ4n) is 2.33. The molecule has 4 nitrogen and oxygen atoms in total. The first-order valence-electron chi connectivity index (χ1n) is 6.34. The van der Waals surface area contributed by atoms with E-state index in [0.717, 1.165) is 0 Å². The van der Waals surface area contributed by atoms with Crippen LogP contribution in [-0.4, -0.2) is 37.5 Å². The van der Waals surface area contributed by atoms with Gasteiger partial charge in [0.25, 0.3) is 0 Å². The topological polar surface area (TPSA) is 57.6 Å². The maximum absolute atomic E-state index is 13.7. The molecule has 10 heteroatoms. The standard InChI is InChI=1S/C12H12F5NO3S/c13-7-8(14)10(16)12(11(17)9(7)15)22(20,21)18-3-1-2-6(4-18)5-19/h6,19H,1-5H2. The molecular formula is C12H12F5NO3S. The van der Waals surface area contributed by atoms with E-state index in [1.165, 1.54) is 0 Å². The molecule has 1 saturated heterocycles. The van der Waals surface area contributed by atoms with Gasteiger partial charge in [-0.3, -0.25) is 0 Å². The Bertz CT molecular complexity index is 665. The summed E-state index contributed by atoms with van der Waals surface area (Å²) in [6.45, 7) is -0.722. The number of aliphatic hydroxyl groups excluding tert-OH is 1. The summed E-state index contributed by atoms with van der Waals surface area (Å²) in [5.74, 6) is -12.3. The van der Waals surface area contributed by atoms with E-state index in [2.05, 4.69) is 0 Å². The molecular weight excluding hydrogens is 333 g/mol. The number of aliphatic hydroxyl groups is 1. The molecule has 1 aliphatic heterocycles. The van der Waals surface area contributed by atoms with Gasteiger partial charge >= 0.3 is 0 Å². The van der Waals surface area contributed by atoms with Crippen LogP contribution in [0.4, 0.5) is 22.0 Å². The molecule has 0 saturated carbocycles. The third-order valence-corrected chi connectivity index (χ3v) is 5.39. The van der Waals surface area contributed by atoms with Crippen LogP contribution in [-0.2, 0) is 10.0 Å². The van der Waals surface area contributed by atoms with Crippen LogP contribution in [0.3, 0.4) is 0 Å². The molecule has 0 aromatic heterocycles. The van der Waals surface area contributed by atoms with Gasteiger partial charge in [0.05, 0.1) is 0 Å². The van der Waals surface area contributed by atoms with E-state index in [0.29, 0.717) is 17.1 Å². The van der Waals surface area contributed by atoms with Crippen molar-refractivity contribution >= 4 is 10.0 Å². The lowest BCUT2D eigenvalue weighted by molar-refractivity contribution is 0.165. The number of sulfonamides is 1. The normalized spacial score (nSPS) is 20.4. The number of halogens is 5. The summed E-state index contributed by atoms with van der Waals surface area (Å²) in [6, 6.07) is 0. The Morgan fingerprint density at radius 1 is 1.00 bits per heavy atom. The zero-order valence-electron chi connectivity index (χ0n) is 11.1. The number of rotatable bonds is 3. The van der Waals surface area contributed by atoms with Crippen molar-refractivity contribution in [2.45, 2.75) is 17.7 Å². The molecule has 2 rings (SSSR count). The Balaban J connectivity index is 2.55. The first kappa shape index (κ1) is 17.1. The Kier molecular flexibility index (Phi) is 4.73. The average molecular weight is 345 g/mol. The van der Waals surface area contributed by atoms with Gasteiger partial charge in [0.15, 0.2) is 28.2 Å². The molecule has 0 aliphatic carbocycles. The minimum absolute atomic E-state index is 0.127. The summed E-state index contributed by atoms with van der Waals surface area (Å²) in [5, 5.41) is 9.04. The molecule has 1 heterocycles. The van der Waals surface area contributed by atoms with E-state index in [4.69, 9.17) is 5.11 Å². The van der Waals surface area contributed by atoms with Crippen LogP contribution in [0, 0.1) is 35.0 Å². The minimum Gasteiger partial charge on any atom is -0.396 e. The molecule has 1 atom stereocenters. The molecule has 0 amide bonds. The second-order valence-corrected chi connectivity index (χ2v) is 6.83. The Morgan fingerprint density at radius 3 is 2.00 bits per heavy atom. The maximum Gasteiger partial charge on any atom is 0.249 e. The number of piperidine rings is 1. The van der Waals surface area contributed by atoms with Crippen molar-refractivity contribution in [1.29, 1.82) is 0 Å². The molecule has 1 N–H and O–H groups in total. The van der Waals surface area contributed by atoms with Crippen LogP contribution in [0.2, 0.25) is 0 Å². The van der Waals surface area contributed by atoms with Crippen molar-refractivity contribution in [1.82, 2.24) is 4.31 Å². The molecule has 0 bridgehead atoms. The summed E-state index contributed by atoms with van der Waals surface area (Å²) >= 11 is 0. The highest BCUT2D eigenvalue weighted by atomic mass is 32.2. The van der Waals surface area contributed by atoms with Gasteiger partial charge in [0.2, 0.25) is 15.8 Å². The summed E-state index contributed by atoms with van der Waals surface area (Å²) in [6.07, 6.45) is 0.805. The van der Waals surface area contributed by atoms with Crippen LogP contribution < -0.4 is 0 Å². The van der Waals surface area contributed by atoms with Crippen LogP contribution in [0.1, 0.15) is 12.8 Å². The molecule has 1 aromatic carbocycles. The highest BCUT2D eigenvalue weighted by molar-refractivity contribution is 7.89. The monoisotopic (exact) mass is 345 g/mol. The van der Waals surface area contributed by atoms with Gasteiger partial charge in [0, 0.05) is 19.7 Å². The predicted molar refractivity (Wildman–Crippen MR) is 64.8 cm³/mol. The zero-order valence-corrected chi connectivity index (χ0v) is 11.9. The van der Waals surface area contributed by atoms with Gasteiger partial charge in [0.1, 0.15) is 0 Å². The fourth-order valence-corrected chi connectivity index (χ4v) is 4.00. The highest BCUT2D eigenvalue weighted by Gasteiger charge is 2.38. The maximum atomic E-state index is 13.7. The van der Waals surface area contributed by atoms with E-state index >= 15 is 0 Å². The fraction of sp³-hybridized carbons (Fsp3) is 0.500. The lowest BCUT2D eigenvalue weighted by atomic mass is 10.0. The quantitative estimate of drug-likeness (QED) is 0.516. The van der Waals surface area contributed by atoms with Gasteiger partial charge in [-0.2, -0.15) is 4.31 Å². The predicted octanol–water partition coefficient (Wildman–Crippen LogP) is 1.78. The second kappa shape index (κ2) is 6.09. The van der Waals surface area contributed by atoms with Crippen molar-refractivity contribution in [3.63, 3.8) is 0 Å². The molecule has 1 fully saturated rings. The van der Waals surface area contributed by atoms with Crippen LogP contribution in [0.15, 0.2) is 4.90 Å². The molecule has 22 heavy (non-hydrogen) atoms. The lowest BCUT2D eigenvalue weighted by Crippen LogP contribution is -2.41.